The van der Waals surface area contributed by atoms with Crippen LogP contribution in [0.3, 0.4) is 0 Å². The Morgan fingerprint density at radius 2 is 2.07 bits per heavy atom. The van der Waals surface area contributed by atoms with E-state index in [1.54, 1.807) is 6.07 Å². The maximum atomic E-state index is 8.95. The van der Waals surface area contributed by atoms with Crippen molar-refractivity contribution in [1.82, 2.24) is 4.57 Å². The van der Waals surface area contributed by atoms with Gasteiger partial charge in [-0.25, -0.2) is 0 Å². The average molecular weight is 244 g/mol. The minimum Gasteiger partial charge on any atom is -0.395 e. The maximum absolute atomic E-state index is 8.95. The smallest absolute Gasteiger partial charge is 0.0835 e. The number of fused-ring (bicyclic) bond motifs is 1. The van der Waals surface area contributed by atoms with Crippen molar-refractivity contribution < 1.29 is 5.11 Å². The average Bonchev–Trinajstić information content (AvgIpc) is 2.51. The fraction of sp³-hybridized carbons (Fsp3) is 0.273. The molecular weight excluding hydrogens is 233 g/mol. The first kappa shape index (κ1) is 10.8. The van der Waals surface area contributed by atoms with E-state index in [0.717, 1.165) is 16.5 Å². The zero-order valence-electron chi connectivity index (χ0n) is 8.30. The zero-order chi connectivity index (χ0) is 11.0. The van der Waals surface area contributed by atoms with E-state index >= 15 is 0 Å². The second-order valence-corrected chi connectivity index (χ2v) is 4.27. The lowest BCUT2D eigenvalue weighted by Gasteiger charge is -2.05. The van der Waals surface area contributed by atoms with Crippen molar-refractivity contribution in [2.45, 2.75) is 13.5 Å². The van der Waals surface area contributed by atoms with Gasteiger partial charge in [-0.05, 0) is 18.6 Å². The van der Waals surface area contributed by atoms with Gasteiger partial charge in [-0.3, -0.25) is 0 Å². The van der Waals surface area contributed by atoms with Crippen LogP contribution in [0.5, 0.6) is 0 Å². The fourth-order valence-electron chi connectivity index (χ4n) is 1.79. The molecule has 1 N–H and O–H groups in total. The number of aliphatic hydroxyl groups excluding tert-OH is 1. The Balaban J connectivity index is 2.77. The lowest BCUT2D eigenvalue weighted by atomic mass is 10.2. The van der Waals surface area contributed by atoms with Gasteiger partial charge in [-0.2, -0.15) is 0 Å². The van der Waals surface area contributed by atoms with E-state index in [2.05, 4.69) is 0 Å². The summed E-state index contributed by atoms with van der Waals surface area (Å²) >= 11 is 12.1. The Bertz CT molecular complexity index is 505. The first-order chi connectivity index (χ1) is 7.15. The number of aromatic nitrogens is 1. The standard InChI is InChI=1S/C11H11Cl2NO/c1-7-6-14(4-5-15)11-8(7)2-3-9(12)10(11)13/h2-3,6,15H,4-5H2,1H3. The van der Waals surface area contributed by atoms with Gasteiger partial charge in [0.15, 0.2) is 0 Å². The van der Waals surface area contributed by atoms with Crippen molar-refractivity contribution in [2.75, 3.05) is 6.61 Å². The van der Waals surface area contributed by atoms with Crippen molar-refractivity contribution in [3.05, 3.63) is 33.9 Å². The summed E-state index contributed by atoms with van der Waals surface area (Å²) in [5.74, 6) is 0. The van der Waals surface area contributed by atoms with E-state index in [-0.39, 0.29) is 6.61 Å². The van der Waals surface area contributed by atoms with E-state index < -0.39 is 0 Å². The molecule has 0 saturated heterocycles. The van der Waals surface area contributed by atoms with Crippen LogP contribution in [0.15, 0.2) is 18.3 Å². The third-order valence-electron chi connectivity index (χ3n) is 2.47. The Labute approximate surface area is 98.0 Å². The van der Waals surface area contributed by atoms with Gasteiger partial charge >= 0.3 is 0 Å². The van der Waals surface area contributed by atoms with Crippen molar-refractivity contribution >= 4 is 34.1 Å². The van der Waals surface area contributed by atoms with Gasteiger partial charge in [-0.1, -0.05) is 29.3 Å². The molecule has 80 valence electrons. The first-order valence-corrected chi connectivity index (χ1v) is 5.45. The van der Waals surface area contributed by atoms with Gasteiger partial charge in [0.1, 0.15) is 0 Å². The molecule has 0 fully saturated rings. The number of rotatable bonds is 2. The molecule has 2 aromatic rings. The minimum absolute atomic E-state index is 0.0893. The van der Waals surface area contributed by atoms with Crippen LogP contribution in [0, 0.1) is 6.92 Å². The van der Waals surface area contributed by atoms with Gasteiger partial charge in [0, 0.05) is 18.1 Å². The molecule has 0 amide bonds. The van der Waals surface area contributed by atoms with E-state index in [1.165, 1.54) is 0 Å². The van der Waals surface area contributed by atoms with Crippen LogP contribution in [0.4, 0.5) is 0 Å². The minimum atomic E-state index is 0.0893. The van der Waals surface area contributed by atoms with Gasteiger partial charge in [0.05, 0.1) is 22.2 Å². The molecule has 0 unspecified atom stereocenters. The van der Waals surface area contributed by atoms with E-state index in [4.69, 9.17) is 28.3 Å². The number of nitrogens with zero attached hydrogens (tertiary/aromatic N) is 1. The number of hydrogen-bond donors (Lipinski definition) is 1. The summed E-state index contributed by atoms with van der Waals surface area (Å²) < 4.78 is 1.93. The molecule has 4 heteroatoms. The van der Waals surface area contributed by atoms with Crippen LogP contribution in [-0.2, 0) is 6.54 Å². The summed E-state index contributed by atoms with van der Waals surface area (Å²) in [5.41, 5.74) is 2.03. The van der Waals surface area contributed by atoms with Crippen molar-refractivity contribution in [3.63, 3.8) is 0 Å². The molecule has 0 aliphatic carbocycles. The third-order valence-corrected chi connectivity index (χ3v) is 3.27. The summed E-state index contributed by atoms with van der Waals surface area (Å²) in [6.45, 7) is 2.64. The quantitative estimate of drug-likeness (QED) is 0.861. The Morgan fingerprint density at radius 1 is 1.33 bits per heavy atom. The molecular formula is C11H11Cl2NO. The first-order valence-electron chi connectivity index (χ1n) is 4.69. The van der Waals surface area contributed by atoms with Gasteiger partial charge in [-0.15, -0.1) is 0 Å². The van der Waals surface area contributed by atoms with Gasteiger partial charge in [0.2, 0.25) is 0 Å². The molecule has 15 heavy (non-hydrogen) atoms. The van der Waals surface area contributed by atoms with Gasteiger partial charge < -0.3 is 9.67 Å². The number of aliphatic hydroxyl groups is 1. The highest BCUT2D eigenvalue weighted by atomic mass is 35.5. The number of aryl methyl sites for hydroxylation is 1. The predicted molar refractivity (Wildman–Crippen MR) is 63.8 cm³/mol. The summed E-state index contributed by atoms with van der Waals surface area (Å²) in [6.07, 6.45) is 1.98. The van der Waals surface area contributed by atoms with E-state index in [1.807, 2.05) is 23.8 Å². The molecule has 1 aromatic carbocycles. The molecule has 1 heterocycles. The van der Waals surface area contributed by atoms with Crippen molar-refractivity contribution in [3.8, 4) is 0 Å². The Kier molecular flexibility index (Phi) is 2.91. The lowest BCUT2D eigenvalue weighted by Crippen LogP contribution is -2.00. The van der Waals surface area contributed by atoms with Crippen LogP contribution < -0.4 is 0 Å². The second-order valence-electron chi connectivity index (χ2n) is 3.49. The van der Waals surface area contributed by atoms with Gasteiger partial charge in [0.25, 0.3) is 0 Å². The Hall–Kier alpha value is -0.700. The summed E-state index contributed by atoms with van der Waals surface area (Å²) in [5, 5.41) is 11.1. The lowest BCUT2D eigenvalue weighted by molar-refractivity contribution is 0.278. The van der Waals surface area contributed by atoms with E-state index in [9.17, 15) is 0 Å². The van der Waals surface area contributed by atoms with Crippen molar-refractivity contribution in [2.24, 2.45) is 0 Å². The molecule has 0 atom stereocenters. The number of hydrogen-bond acceptors (Lipinski definition) is 1. The monoisotopic (exact) mass is 243 g/mol. The largest absolute Gasteiger partial charge is 0.395 e. The maximum Gasteiger partial charge on any atom is 0.0835 e. The molecule has 0 aliphatic rings. The highest BCUT2D eigenvalue weighted by Crippen LogP contribution is 2.33. The molecule has 0 bridgehead atoms. The summed E-state index contributed by atoms with van der Waals surface area (Å²) in [6, 6.07) is 3.75. The summed E-state index contributed by atoms with van der Waals surface area (Å²) in [4.78, 5) is 0. The molecule has 0 spiro atoms. The predicted octanol–water partition coefficient (Wildman–Crippen LogP) is 3.25. The highest BCUT2D eigenvalue weighted by Gasteiger charge is 2.11. The van der Waals surface area contributed by atoms with Crippen LogP contribution >= 0.6 is 23.2 Å². The SMILES string of the molecule is Cc1cn(CCO)c2c(Cl)c(Cl)ccc12. The van der Waals surface area contributed by atoms with Crippen LogP contribution in [0.2, 0.25) is 10.0 Å². The molecule has 0 aliphatic heterocycles. The number of benzene rings is 1. The molecule has 2 rings (SSSR count). The van der Waals surface area contributed by atoms with Crippen LogP contribution in [0.25, 0.3) is 10.9 Å². The summed E-state index contributed by atoms with van der Waals surface area (Å²) in [7, 11) is 0. The molecule has 2 nitrogen and oxygen atoms in total. The van der Waals surface area contributed by atoms with Crippen LogP contribution in [0.1, 0.15) is 5.56 Å². The molecule has 0 radical (unpaired) electrons. The Morgan fingerprint density at radius 3 is 2.73 bits per heavy atom. The topological polar surface area (TPSA) is 25.2 Å². The third kappa shape index (κ3) is 1.73. The van der Waals surface area contributed by atoms with Crippen molar-refractivity contribution in [1.29, 1.82) is 0 Å². The van der Waals surface area contributed by atoms with E-state index in [0.29, 0.717) is 16.6 Å². The highest BCUT2D eigenvalue weighted by molar-refractivity contribution is 6.45. The second kappa shape index (κ2) is 4.05. The number of halogens is 2. The molecule has 0 saturated carbocycles. The molecule has 1 aromatic heterocycles. The van der Waals surface area contributed by atoms with Crippen LogP contribution in [-0.4, -0.2) is 16.3 Å². The fourth-order valence-corrected chi connectivity index (χ4v) is 2.22. The zero-order valence-corrected chi connectivity index (χ0v) is 9.81. The normalized spacial score (nSPS) is 11.2.